The second-order valence-electron chi connectivity index (χ2n) is 4.76. The molecule has 0 bridgehead atoms. The molecule has 1 atom stereocenters. The number of amides is 1. The van der Waals surface area contributed by atoms with Crippen molar-refractivity contribution in [3.05, 3.63) is 71.8 Å². The third kappa shape index (κ3) is 4.45. The van der Waals surface area contributed by atoms with Gasteiger partial charge in [0.15, 0.2) is 0 Å². The van der Waals surface area contributed by atoms with E-state index in [1.807, 2.05) is 36.4 Å². The number of carboxylic acid groups (broad SMARTS) is 1. The maximum absolute atomic E-state index is 12.3. The molecule has 2 N–H and O–H groups in total. The Labute approximate surface area is 123 Å². The van der Waals surface area contributed by atoms with Gasteiger partial charge in [0.25, 0.3) is 0 Å². The van der Waals surface area contributed by atoms with Crippen LogP contribution >= 0.6 is 0 Å². The molecule has 21 heavy (non-hydrogen) atoms. The molecule has 0 spiro atoms. The van der Waals surface area contributed by atoms with Crippen molar-refractivity contribution in [1.29, 1.82) is 0 Å². The van der Waals surface area contributed by atoms with Crippen LogP contribution in [-0.2, 0) is 16.1 Å². The third-order valence-electron chi connectivity index (χ3n) is 3.21. The van der Waals surface area contributed by atoms with Crippen LogP contribution < -0.4 is 5.32 Å². The average Bonchev–Trinajstić information content (AvgIpc) is 2.52. The number of carboxylic acids is 1. The number of benzene rings is 2. The second kappa shape index (κ2) is 7.24. The minimum atomic E-state index is -0.987. The van der Waals surface area contributed by atoms with Gasteiger partial charge in [0, 0.05) is 6.54 Å². The van der Waals surface area contributed by atoms with Gasteiger partial charge in [-0.1, -0.05) is 60.7 Å². The van der Waals surface area contributed by atoms with Crippen molar-refractivity contribution in [1.82, 2.24) is 5.32 Å². The molecular weight excluding hydrogens is 266 g/mol. The molecule has 1 amide bonds. The quantitative estimate of drug-likeness (QED) is 0.856. The number of nitrogens with one attached hydrogen (secondary N) is 1. The van der Waals surface area contributed by atoms with Crippen molar-refractivity contribution in [3.63, 3.8) is 0 Å². The van der Waals surface area contributed by atoms with Crippen LogP contribution in [0.5, 0.6) is 0 Å². The van der Waals surface area contributed by atoms with Crippen molar-refractivity contribution < 1.29 is 14.7 Å². The SMILES string of the molecule is O=C(O)C[C@@H](C(=O)NCc1ccccc1)c1ccccc1. The van der Waals surface area contributed by atoms with E-state index in [2.05, 4.69) is 5.32 Å². The summed E-state index contributed by atoms with van der Waals surface area (Å²) in [7, 11) is 0. The van der Waals surface area contributed by atoms with Gasteiger partial charge >= 0.3 is 5.97 Å². The van der Waals surface area contributed by atoms with Crippen LogP contribution in [0.2, 0.25) is 0 Å². The van der Waals surface area contributed by atoms with Crippen molar-refractivity contribution in [2.24, 2.45) is 0 Å². The first-order chi connectivity index (χ1) is 10.2. The van der Waals surface area contributed by atoms with E-state index in [-0.39, 0.29) is 12.3 Å². The highest BCUT2D eigenvalue weighted by atomic mass is 16.4. The summed E-state index contributed by atoms with van der Waals surface area (Å²) in [5.74, 6) is -1.93. The summed E-state index contributed by atoms with van der Waals surface area (Å²) in [4.78, 5) is 23.3. The first-order valence-corrected chi connectivity index (χ1v) is 6.75. The zero-order chi connectivity index (χ0) is 15.1. The smallest absolute Gasteiger partial charge is 0.304 e. The average molecular weight is 283 g/mol. The fourth-order valence-corrected chi connectivity index (χ4v) is 2.13. The lowest BCUT2D eigenvalue weighted by Gasteiger charge is -2.15. The lowest BCUT2D eigenvalue weighted by Crippen LogP contribution is -2.30. The monoisotopic (exact) mass is 283 g/mol. The molecule has 0 aliphatic heterocycles. The highest BCUT2D eigenvalue weighted by molar-refractivity contribution is 5.87. The van der Waals surface area contributed by atoms with E-state index in [0.717, 1.165) is 5.56 Å². The van der Waals surface area contributed by atoms with E-state index in [1.165, 1.54) is 0 Å². The van der Waals surface area contributed by atoms with Gasteiger partial charge in [-0.2, -0.15) is 0 Å². The molecule has 0 aliphatic rings. The highest BCUT2D eigenvalue weighted by Crippen LogP contribution is 2.20. The van der Waals surface area contributed by atoms with Crippen LogP contribution in [0.25, 0.3) is 0 Å². The van der Waals surface area contributed by atoms with Gasteiger partial charge in [-0.05, 0) is 11.1 Å². The fraction of sp³-hybridized carbons (Fsp3) is 0.176. The van der Waals surface area contributed by atoms with E-state index in [0.29, 0.717) is 12.1 Å². The van der Waals surface area contributed by atoms with Crippen LogP contribution in [0.4, 0.5) is 0 Å². The van der Waals surface area contributed by atoms with Crippen LogP contribution in [0.3, 0.4) is 0 Å². The van der Waals surface area contributed by atoms with Gasteiger partial charge in [-0.15, -0.1) is 0 Å². The summed E-state index contributed by atoms with van der Waals surface area (Å²) in [6.07, 6.45) is -0.218. The maximum atomic E-state index is 12.3. The van der Waals surface area contributed by atoms with Crippen LogP contribution in [0.1, 0.15) is 23.5 Å². The predicted octanol–water partition coefficient (Wildman–Crippen LogP) is 2.56. The topological polar surface area (TPSA) is 66.4 Å². The van der Waals surface area contributed by atoms with Gasteiger partial charge in [-0.3, -0.25) is 9.59 Å². The summed E-state index contributed by atoms with van der Waals surface area (Å²) in [5, 5.41) is 11.8. The Balaban J connectivity index is 2.06. The Morgan fingerprint density at radius 3 is 2.10 bits per heavy atom. The summed E-state index contributed by atoms with van der Waals surface area (Å²) >= 11 is 0. The largest absolute Gasteiger partial charge is 0.481 e. The summed E-state index contributed by atoms with van der Waals surface area (Å²) in [6, 6.07) is 18.5. The summed E-state index contributed by atoms with van der Waals surface area (Å²) < 4.78 is 0. The highest BCUT2D eigenvalue weighted by Gasteiger charge is 2.23. The Bertz CT molecular complexity index is 596. The van der Waals surface area contributed by atoms with Crippen molar-refractivity contribution in [2.75, 3.05) is 0 Å². The molecule has 0 aliphatic carbocycles. The molecule has 4 nitrogen and oxygen atoms in total. The van der Waals surface area contributed by atoms with Crippen molar-refractivity contribution in [2.45, 2.75) is 18.9 Å². The molecule has 108 valence electrons. The predicted molar refractivity (Wildman–Crippen MR) is 79.7 cm³/mol. The van der Waals surface area contributed by atoms with E-state index in [4.69, 9.17) is 5.11 Å². The number of carbonyl (C=O) groups excluding carboxylic acids is 1. The maximum Gasteiger partial charge on any atom is 0.304 e. The van der Waals surface area contributed by atoms with Gasteiger partial charge in [-0.25, -0.2) is 0 Å². The van der Waals surface area contributed by atoms with Crippen LogP contribution in [0.15, 0.2) is 60.7 Å². The minimum absolute atomic E-state index is 0.218. The zero-order valence-electron chi connectivity index (χ0n) is 11.5. The van der Waals surface area contributed by atoms with Gasteiger partial charge < -0.3 is 10.4 Å². The van der Waals surface area contributed by atoms with Crippen molar-refractivity contribution >= 4 is 11.9 Å². The number of rotatable bonds is 6. The summed E-state index contributed by atoms with van der Waals surface area (Å²) in [5.41, 5.74) is 1.69. The van der Waals surface area contributed by atoms with Crippen LogP contribution in [-0.4, -0.2) is 17.0 Å². The molecule has 0 saturated heterocycles. The molecule has 2 aromatic rings. The van der Waals surface area contributed by atoms with E-state index >= 15 is 0 Å². The number of hydrogen-bond donors (Lipinski definition) is 2. The van der Waals surface area contributed by atoms with E-state index in [9.17, 15) is 9.59 Å². The summed E-state index contributed by atoms with van der Waals surface area (Å²) in [6.45, 7) is 0.391. The standard InChI is InChI=1S/C17H17NO3/c19-16(20)11-15(14-9-5-2-6-10-14)17(21)18-12-13-7-3-1-4-8-13/h1-10,15H,11-12H2,(H,18,21)(H,19,20)/t15-/m1/s1. The van der Waals surface area contributed by atoms with E-state index < -0.39 is 11.9 Å². The fourth-order valence-electron chi connectivity index (χ4n) is 2.13. The Hall–Kier alpha value is -2.62. The van der Waals surface area contributed by atoms with E-state index in [1.54, 1.807) is 24.3 Å². The van der Waals surface area contributed by atoms with Crippen LogP contribution in [0, 0.1) is 0 Å². The number of hydrogen-bond acceptors (Lipinski definition) is 2. The Morgan fingerprint density at radius 1 is 0.952 bits per heavy atom. The van der Waals surface area contributed by atoms with Crippen molar-refractivity contribution in [3.8, 4) is 0 Å². The molecule has 0 radical (unpaired) electrons. The molecule has 4 heteroatoms. The molecule has 0 aromatic heterocycles. The normalized spacial score (nSPS) is 11.6. The van der Waals surface area contributed by atoms with Gasteiger partial charge in [0.1, 0.15) is 0 Å². The zero-order valence-corrected chi connectivity index (χ0v) is 11.5. The number of carbonyl (C=O) groups is 2. The first-order valence-electron chi connectivity index (χ1n) is 6.75. The molecule has 0 fully saturated rings. The molecule has 2 rings (SSSR count). The Morgan fingerprint density at radius 2 is 1.52 bits per heavy atom. The lowest BCUT2D eigenvalue weighted by atomic mass is 9.95. The van der Waals surface area contributed by atoms with Gasteiger partial charge in [0.05, 0.1) is 12.3 Å². The molecule has 0 heterocycles. The first kappa shape index (κ1) is 14.8. The lowest BCUT2D eigenvalue weighted by molar-refractivity contribution is -0.139. The molecule has 0 unspecified atom stereocenters. The molecule has 2 aromatic carbocycles. The third-order valence-corrected chi connectivity index (χ3v) is 3.21. The molecular formula is C17H17NO3. The number of aliphatic carboxylic acids is 1. The Kier molecular flexibility index (Phi) is 5.10. The van der Waals surface area contributed by atoms with Gasteiger partial charge in [0.2, 0.25) is 5.91 Å². The second-order valence-corrected chi connectivity index (χ2v) is 4.76. The molecule has 0 saturated carbocycles. The minimum Gasteiger partial charge on any atom is -0.481 e.